The van der Waals surface area contributed by atoms with Crippen LogP contribution in [0.2, 0.25) is 0 Å². The molecule has 2 aromatic carbocycles. The van der Waals surface area contributed by atoms with E-state index in [2.05, 4.69) is 15.8 Å². The summed E-state index contributed by atoms with van der Waals surface area (Å²) >= 11 is 1.25. The zero-order valence-corrected chi connectivity index (χ0v) is 19.6. The first-order chi connectivity index (χ1) is 16.4. The fourth-order valence-corrected chi connectivity index (χ4v) is 4.20. The highest BCUT2D eigenvalue weighted by molar-refractivity contribution is 7.17. The van der Waals surface area contributed by atoms with E-state index in [0.717, 1.165) is 0 Å². The summed E-state index contributed by atoms with van der Waals surface area (Å²) in [6, 6.07) is 7.60. The zero-order chi connectivity index (χ0) is 24.7. The van der Waals surface area contributed by atoms with Crippen molar-refractivity contribution in [2.24, 2.45) is 5.10 Å². The molecular weight excluding hydrogens is 465 g/mol. The van der Waals surface area contributed by atoms with E-state index in [1.807, 2.05) is 0 Å². The van der Waals surface area contributed by atoms with Crippen LogP contribution in [-0.2, 0) is 9.53 Å². The molecule has 0 unspecified atom stereocenters. The van der Waals surface area contributed by atoms with E-state index < -0.39 is 24.1 Å². The molecule has 2 amide bonds. The lowest BCUT2D eigenvalue weighted by atomic mass is 10.1. The highest BCUT2D eigenvalue weighted by atomic mass is 32.1. The normalized spacial score (nSPS) is 11.4. The largest absolute Gasteiger partial charge is 0.504 e. The molecule has 3 aromatic rings. The lowest BCUT2D eigenvalue weighted by Gasteiger charge is -2.12. The van der Waals surface area contributed by atoms with Gasteiger partial charge >= 0.3 is 0 Å². The van der Waals surface area contributed by atoms with Gasteiger partial charge in [0.15, 0.2) is 11.5 Å². The molecule has 0 aliphatic heterocycles. The number of hydrazone groups is 1. The maximum Gasteiger partial charge on any atom is 0.259 e. The molecule has 180 valence electrons. The fourth-order valence-electron chi connectivity index (χ4n) is 3.21. The minimum absolute atomic E-state index is 0.00594. The lowest BCUT2D eigenvalue weighted by Crippen LogP contribution is -2.35. The molecule has 0 atom stereocenters. The highest BCUT2D eigenvalue weighted by Gasteiger charge is 2.20. The Kier molecular flexibility index (Phi) is 8.39. The molecule has 1 heterocycles. The number of fused-ring (bicyclic) bond motifs is 1. The number of carbonyl (C=O) groups is 2. The number of carbonyl (C=O) groups excluding carboxylic acids is 2. The quantitative estimate of drug-likeness (QED) is 0.298. The summed E-state index contributed by atoms with van der Waals surface area (Å²) in [5, 5.41) is 19.3. The Hall–Kier alpha value is -3.70. The second-order valence-corrected chi connectivity index (χ2v) is 7.86. The zero-order valence-electron chi connectivity index (χ0n) is 18.8. The van der Waals surface area contributed by atoms with Crippen LogP contribution in [0.25, 0.3) is 10.1 Å². The number of amides is 2. The smallest absolute Gasteiger partial charge is 0.259 e. The van der Waals surface area contributed by atoms with Gasteiger partial charge in [0.05, 0.1) is 43.3 Å². The van der Waals surface area contributed by atoms with Gasteiger partial charge in [0.2, 0.25) is 5.75 Å². The van der Waals surface area contributed by atoms with Crippen molar-refractivity contribution in [2.75, 3.05) is 34.5 Å². The van der Waals surface area contributed by atoms with Crippen LogP contribution in [0.4, 0.5) is 4.39 Å². The maximum absolute atomic E-state index is 14.1. The Balaban J connectivity index is 1.70. The molecule has 1 aromatic heterocycles. The second-order valence-electron chi connectivity index (χ2n) is 6.98. The molecule has 34 heavy (non-hydrogen) atoms. The first-order valence-electron chi connectivity index (χ1n) is 10.1. The third-order valence-corrected chi connectivity index (χ3v) is 5.90. The number of rotatable bonds is 10. The van der Waals surface area contributed by atoms with E-state index in [4.69, 9.17) is 14.2 Å². The number of hydrogen-bond acceptors (Lipinski definition) is 8. The van der Waals surface area contributed by atoms with Crippen LogP contribution in [0.5, 0.6) is 17.2 Å². The molecule has 0 radical (unpaired) electrons. The predicted molar refractivity (Wildman–Crippen MR) is 126 cm³/mol. The maximum atomic E-state index is 14.1. The van der Waals surface area contributed by atoms with Crippen molar-refractivity contribution in [3.8, 4) is 17.2 Å². The lowest BCUT2D eigenvalue weighted by molar-refractivity contribution is -0.120. The Morgan fingerprint density at radius 2 is 1.91 bits per heavy atom. The highest BCUT2D eigenvalue weighted by Crippen LogP contribution is 2.38. The number of phenolic OH excluding ortho intramolecular Hbond substituents is 1. The number of methoxy groups -OCH3 is 3. The van der Waals surface area contributed by atoms with Gasteiger partial charge in [-0.1, -0.05) is 12.1 Å². The molecule has 0 fully saturated rings. The van der Waals surface area contributed by atoms with Crippen molar-refractivity contribution in [3.05, 3.63) is 52.7 Å². The third-order valence-electron chi connectivity index (χ3n) is 4.89. The molecule has 0 spiro atoms. The Bertz CT molecular complexity index is 1230. The van der Waals surface area contributed by atoms with Gasteiger partial charge in [-0.25, -0.2) is 9.82 Å². The Labute approximate surface area is 199 Å². The summed E-state index contributed by atoms with van der Waals surface area (Å²) in [6.45, 7) is -0.0522. The van der Waals surface area contributed by atoms with Gasteiger partial charge in [0.1, 0.15) is 5.82 Å². The van der Waals surface area contributed by atoms with E-state index in [1.165, 1.54) is 43.8 Å². The average Bonchev–Trinajstić information content (AvgIpc) is 3.27. The van der Waals surface area contributed by atoms with Crippen LogP contribution < -0.4 is 20.2 Å². The van der Waals surface area contributed by atoms with Crippen LogP contribution in [0.15, 0.2) is 40.8 Å². The summed E-state index contributed by atoms with van der Waals surface area (Å²) in [7, 11) is 4.27. The van der Waals surface area contributed by atoms with Crippen molar-refractivity contribution in [1.29, 1.82) is 0 Å². The third kappa shape index (κ3) is 5.43. The SMILES string of the molecule is COCCC(=NNC(=O)CNC(=O)c1ccc(OC)c(OC)c1O)c1csc2c(F)cccc12. The Morgan fingerprint density at radius 1 is 1.12 bits per heavy atom. The van der Waals surface area contributed by atoms with E-state index in [1.54, 1.807) is 24.6 Å². The fraction of sp³-hybridized carbons (Fsp3) is 0.261. The second kappa shape index (κ2) is 11.4. The van der Waals surface area contributed by atoms with Crippen molar-refractivity contribution in [3.63, 3.8) is 0 Å². The number of halogens is 1. The van der Waals surface area contributed by atoms with Gasteiger partial charge in [0.25, 0.3) is 11.8 Å². The first kappa shape index (κ1) is 24.9. The molecule has 9 nitrogen and oxygen atoms in total. The molecule has 11 heteroatoms. The van der Waals surface area contributed by atoms with Gasteiger partial charge in [-0.3, -0.25) is 9.59 Å². The number of hydrogen-bond donors (Lipinski definition) is 3. The number of nitrogens with one attached hydrogen (secondary N) is 2. The van der Waals surface area contributed by atoms with Crippen molar-refractivity contribution >= 4 is 38.9 Å². The standard InChI is InChI=1S/C23H24FN3O6S/c1-31-10-9-17(15-12-34-22-13(15)5-4-6-16(22)24)26-27-19(28)11-25-23(30)14-7-8-18(32-2)21(33-3)20(14)29/h4-8,12,29H,9-11H2,1-3H3,(H,25,30)(H,27,28). The van der Waals surface area contributed by atoms with Gasteiger partial charge < -0.3 is 24.6 Å². The number of nitrogens with zero attached hydrogens (tertiary/aromatic N) is 1. The van der Waals surface area contributed by atoms with E-state index >= 15 is 0 Å². The monoisotopic (exact) mass is 489 g/mol. The molecule has 3 N–H and O–H groups in total. The summed E-state index contributed by atoms with van der Waals surface area (Å²) in [6.07, 6.45) is 0.380. The number of thiophene rings is 1. The average molecular weight is 490 g/mol. The van der Waals surface area contributed by atoms with Crippen LogP contribution >= 0.6 is 11.3 Å². The van der Waals surface area contributed by atoms with E-state index in [0.29, 0.717) is 34.4 Å². The van der Waals surface area contributed by atoms with Crippen LogP contribution in [-0.4, -0.2) is 57.1 Å². The van der Waals surface area contributed by atoms with Gasteiger partial charge in [-0.15, -0.1) is 11.3 Å². The molecule has 0 aliphatic carbocycles. The summed E-state index contributed by atoms with van der Waals surface area (Å²) in [5.41, 5.74) is 3.52. The molecule has 0 saturated carbocycles. The van der Waals surface area contributed by atoms with Crippen LogP contribution in [0.3, 0.4) is 0 Å². The Morgan fingerprint density at radius 3 is 2.62 bits per heavy atom. The molecular formula is C23H24FN3O6S. The first-order valence-corrected chi connectivity index (χ1v) is 11.0. The molecule has 0 saturated heterocycles. The molecule has 3 rings (SSSR count). The number of phenols is 1. The van der Waals surface area contributed by atoms with Crippen LogP contribution in [0, 0.1) is 5.82 Å². The topological polar surface area (TPSA) is 118 Å². The van der Waals surface area contributed by atoms with Gasteiger partial charge in [0, 0.05) is 29.9 Å². The number of benzene rings is 2. The van der Waals surface area contributed by atoms with E-state index in [-0.39, 0.29) is 22.9 Å². The summed E-state index contributed by atoms with van der Waals surface area (Å²) in [4.78, 5) is 24.8. The van der Waals surface area contributed by atoms with Crippen molar-refractivity contribution in [2.45, 2.75) is 6.42 Å². The van der Waals surface area contributed by atoms with Crippen LogP contribution in [0.1, 0.15) is 22.3 Å². The minimum Gasteiger partial charge on any atom is -0.504 e. The number of ether oxygens (including phenoxy) is 3. The van der Waals surface area contributed by atoms with E-state index in [9.17, 15) is 19.1 Å². The van der Waals surface area contributed by atoms with Crippen molar-refractivity contribution < 1.29 is 33.3 Å². The molecule has 0 aliphatic rings. The minimum atomic E-state index is -0.684. The molecule has 0 bridgehead atoms. The summed E-state index contributed by atoms with van der Waals surface area (Å²) < 4.78 is 29.8. The van der Waals surface area contributed by atoms with Gasteiger partial charge in [-0.05, 0) is 18.2 Å². The summed E-state index contributed by atoms with van der Waals surface area (Å²) in [5.74, 6) is -1.74. The predicted octanol–water partition coefficient (Wildman–Crippen LogP) is 3.05. The van der Waals surface area contributed by atoms with Crippen molar-refractivity contribution in [1.82, 2.24) is 10.7 Å². The number of aromatic hydroxyl groups is 1. The van der Waals surface area contributed by atoms with Gasteiger partial charge in [-0.2, -0.15) is 5.10 Å².